The van der Waals surface area contributed by atoms with Crippen LogP contribution in [0.3, 0.4) is 0 Å². The van der Waals surface area contributed by atoms with E-state index in [2.05, 4.69) is 20.2 Å². The maximum absolute atomic E-state index is 16.6. The Morgan fingerprint density at radius 1 is 1.12 bits per heavy atom. The molecule has 0 saturated carbocycles. The molecule has 7 nitrogen and oxygen atoms in total. The Bertz CT molecular complexity index is 1710. The van der Waals surface area contributed by atoms with E-state index in [4.69, 9.17) is 9.72 Å². The monoisotopic (exact) mass is 575 g/mol. The molecule has 0 radical (unpaired) electrons. The number of nitrogens with zero attached hydrogens (tertiary/aromatic N) is 4. The number of hydrogen-bond acceptors (Lipinski definition) is 7. The van der Waals surface area contributed by atoms with E-state index in [1.165, 1.54) is 18.2 Å². The fourth-order valence-electron chi connectivity index (χ4n) is 8.10. The lowest BCUT2D eigenvalue weighted by molar-refractivity contribution is 0.107. The van der Waals surface area contributed by atoms with E-state index in [9.17, 15) is 9.50 Å². The van der Waals surface area contributed by atoms with Crippen LogP contribution in [0.4, 0.5) is 13.2 Å². The zero-order chi connectivity index (χ0) is 28.6. The Labute approximate surface area is 241 Å². The van der Waals surface area contributed by atoms with Crippen LogP contribution < -0.4 is 10.1 Å². The zero-order valence-electron chi connectivity index (χ0n) is 23.1. The Hall–Kier alpha value is -3.50. The highest BCUT2D eigenvalue weighted by molar-refractivity contribution is 5.99. The van der Waals surface area contributed by atoms with Crippen molar-refractivity contribution >= 4 is 21.7 Å². The first-order chi connectivity index (χ1) is 20.4. The molecule has 4 aliphatic rings. The van der Waals surface area contributed by atoms with Gasteiger partial charge in [0.25, 0.3) is 0 Å². The molecule has 2 bridgehead atoms. The number of piperidine rings is 1. The first kappa shape index (κ1) is 26.2. The van der Waals surface area contributed by atoms with Gasteiger partial charge in [0, 0.05) is 53.5 Å². The highest BCUT2D eigenvalue weighted by Gasteiger charge is 2.49. The number of phenolic OH excluding ortho intramolecular Hbond substituents is 1. The lowest BCUT2D eigenvalue weighted by atomic mass is 9.88. The van der Waals surface area contributed by atoms with Gasteiger partial charge in [-0.3, -0.25) is 9.88 Å². The van der Waals surface area contributed by atoms with Crippen LogP contribution in [-0.4, -0.2) is 68.4 Å². The lowest BCUT2D eigenvalue weighted by Gasteiger charge is -2.31. The number of aromatic hydroxyl groups is 1. The summed E-state index contributed by atoms with van der Waals surface area (Å²) in [4.78, 5) is 16.0. The number of pyridine rings is 1. The summed E-state index contributed by atoms with van der Waals surface area (Å²) in [5, 5.41) is 15.2. The number of benzene rings is 2. The summed E-state index contributed by atoms with van der Waals surface area (Å²) in [5.41, 5.74) is 0.394. The lowest BCUT2D eigenvalue weighted by Crippen LogP contribution is -2.43. The van der Waals surface area contributed by atoms with Gasteiger partial charge in [0.2, 0.25) is 0 Å². The molecule has 8 rings (SSSR count). The summed E-state index contributed by atoms with van der Waals surface area (Å²) in [7, 11) is 0. The van der Waals surface area contributed by atoms with Crippen LogP contribution in [0.15, 0.2) is 36.5 Å². The van der Waals surface area contributed by atoms with E-state index in [0.717, 1.165) is 45.1 Å². The quantitative estimate of drug-likeness (QED) is 0.312. The van der Waals surface area contributed by atoms with Crippen molar-refractivity contribution in [1.82, 2.24) is 25.2 Å². The average Bonchev–Trinajstić information content (AvgIpc) is 3.61. The number of halogens is 3. The van der Waals surface area contributed by atoms with Crippen LogP contribution in [0.1, 0.15) is 56.6 Å². The van der Waals surface area contributed by atoms with Gasteiger partial charge in [-0.1, -0.05) is 12.1 Å². The minimum atomic E-state index is -0.893. The third-order valence-corrected chi connectivity index (χ3v) is 9.95. The minimum absolute atomic E-state index is 0.0503. The van der Waals surface area contributed by atoms with Crippen LogP contribution in [0, 0.1) is 11.6 Å². The number of fused-ring (bicyclic) bond motifs is 5. The van der Waals surface area contributed by atoms with Gasteiger partial charge < -0.3 is 15.2 Å². The molecule has 4 atom stereocenters. The fourth-order valence-corrected chi connectivity index (χ4v) is 8.10. The molecule has 2 N–H and O–H groups in total. The van der Waals surface area contributed by atoms with Crippen molar-refractivity contribution in [1.29, 1.82) is 0 Å². The molecule has 218 valence electrons. The Kier molecular flexibility index (Phi) is 6.08. The Morgan fingerprint density at radius 3 is 2.79 bits per heavy atom. The van der Waals surface area contributed by atoms with Gasteiger partial charge in [0.15, 0.2) is 5.82 Å². The van der Waals surface area contributed by atoms with Crippen LogP contribution in [0.25, 0.3) is 32.9 Å². The molecular weight excluding hydrogens is 543 g/mol. The average molecular weight is 576 g/mol. The van der Waals surface area contributed by atoms with Crippen LogP contribution in [0.2, 0.25) is 0 Å². The normalized spacial score (nSPS) is 29.0. The SMILES string of the molecule is Oc1cc(-c2ncc3c(C4CC5CCC(C4)N5)nc(OC[C@@]45CCCN4C[C@H](F)C5)nc3c2F)c2c(F)cccc2c1. The topological polar surface area (TPSA) is 83.4 Å². The predicted molar refractivity (Wildman–Crippen MR) is 152 cm³/mol. The third kappa shape index (κ3) is 4.21. The van der Waals surface area contributed by atoms with Crippen molar-refractivity contribution in [2.24, 2.45) is 0 Å². The van der Waals surface area contributed by atoms with Gasteiger partial charge in [-0.05, 0) is 68.7 Å². The summed E-state index contributed by atoms with van der Waals surface area (Å²) < 4.78 is 52.2. The molecule has 2 aromatic heterocycles. The molecule has 2 aromatic carbocycles. The first-order valence-corrected chi connectivity index (χ1v) is 14.9. The number of aromatic nitrogens is 3. The number of rotatable bonds is 5. The van der Waals surface area contributed by atoms with Crippen molar-refractivity contribution in [2.45, 2.75) is 74.7 Å². The maximum Gasteiger partial charge on any atom is 0.317 e. The smallest absolute Gasteiger partial charge is 0.317 e. The molecule has 0 amide bonds. The molecule has 4 saturated heterocycles. The molecule has 4 aromatic rings. The summed E-state index contributed by atoms with van der Waals surface area (Å²) >= 11 is 0. The highest BCUT2D eigenvalue weighted by atomic mass is 19.1. The van der Waals surface area contributed by atoms with E-state index in [1.54, 1.807) is 18.3 Å². The summed E-state index contributed by atoms with van der Waals surface area (Å²) in [5.74, 6) is -1.31. The van der Waals surface area contributed by atoms with Gasteiger partial charge in [0.1, 0.15) is 35.6 Å². The van der Waals surface area contributed by atoms with Gasteiger partial charge in [-0.15, -0.1) is 0 Å². The predicted octanol–water partition coefficient (Wildman–Crippen LogP) is 5.78. The van der Waals surface area contributed by atoms with Crippen molar-refractivity contribution in [2.75, 3.05) is 19.7 Å². The third-order valence-electron chi connectivity index (χ3n) is 9.95. The van der Waals surface area contributed by atoms with Crippen molar-refractivity contribution in [3.05, 3.63) is 53.9 Å². The molecule has 42 heavy (non-hydrogen) atoms. The molecule has 2 unspecified atom stereocenters. The van der Waals surface area contributed by atoms with Crippen LogP contribution >= 0.6 is 0 Å². The number of hydrogen-bond donors (Lipinski definition) is 2. The first-order valence-electron chi connectivity index (χ1n) is 14.9. The largest absolute Gasteiger partial charge is 0.508 e. The second-order valence-electron chi connectivity index (χ2n) is 12.6. The molecule has 4 aliphatic heterocycles. The van der Waals surface area contributed by atoms with Crippen molar-refractivity contribution in [3.8, 4) is 23.0 Å². The van der Waals surface area contributed by atoms with Crippen LogP contribution in [0.5, 0.6) is 11.8 Å². The summed E-state index contributed by atoms with van der Waals surface area (Å²) in [6, 6.07) is 8.10. The summed E-state index contributed by atoms with van der Waals surface area (Å²) in [6.07, 6.45) is 6.84. The van der Waals surface area contributed by atoms with Gasteiger partial charge in [-0.25, -0.2) is 13.2 Å². The molecule has 4 fully saturated rings. The van der Waals surface area contributed by atoms with Crippen molar-refractivity contribution in [3.63, 3.8) is 0 Å². The number of ether oxygens (including phenoxy) is 1. The Balaban J connectivity index is 1.26. The fraction of sp³-hybridized carbons (Fsp3) is 0.469. The standard InChI is InChI=1S/C32H32F3N5O2/c33-19-13-32(7-2-8-40(32)15-19)16-42-31-38-28(18-9-20-5-6-21(10-18)37-20)24-14-36-29(27(35)30(24)39-31)23-12-22(41)11-17-3-1-4-25(34)26(17)23/h1,3-4,11-12,14,18-21,37,41H,2,5-10,13,15-16H2/t18?,19-,20?,21?,32+/m1/s1. The van der Waals surface area contributed by atoms with E-state index in [-0.39, 0.29) is 46.4 Å². The molecular formula is C32H32F3N5O2. The van der Waals surface area contributed by atoms with Gasteiger partial charge in [-0.2, -0.15) is 9.97 Å². The maximum atomic E-state index is 16.6. The van der Waals surface area contributed by atoms with E-state index < -0.39 is 23.3 Å². The second kappa shape index (κ2) is 9.77. The summed E-state index contributed by atoms with van der Waals surface area (Å²) in [6.45, 7) is 1.48. The molecule has 10 heteroatoms. The van der Waals surface area contributed by atoms with E-state index >= 15 is 8.78 Å². The van der Waals surface area contributed by atoms with Crippen molar-refractivity contribution < 1.29 is 23.0 Å². The number of nitrogens with one attached hydrogen (secondary N) is 1. The number of alkyl halides is 1. The highest BCUT2D eigenvalue weighted by Crippen LogP contribution is 2.43. The zero-order valence-corrected chi connectivity index (χ0v) is 23.1. The van der Waals surface area contributed by atoms with E-state index in [0.29, 0.717) is 41.5 Å². The van der Waals surface area contributed by atoms with Crippen LogP contribution in [-0.2, 0) is 0 Å². The minimum Gasteiger partial charge on any atom is -0.508 e. The molecule has 6 heterocycles. The van der Waals surface area contributed by atoms with Gasteiger partial charge >= 0.3 is 6.01 Å². The van der Waals surface area contributed by atoms with E-state index in [1.807, 2.05) is 0 Å². The Morgan fingerprint density at radius 2 is 1.95 bits per heavy atom. The molecule has 0 aliphatic carbocycles. The molecule has 0 spiro atoms. The second-order valence-corrected chi connectivity index (χ2v) is 12.6. The van der Waals surface area contributed by atoms with Gasteiger partial charge in [0.05, 0.1) is 11.2 Å². The number of phenols is 1.